The van der Waals surface area contributed by atoms with Crippen LogP contribution in [0, 0.1) is 11.8 Å². The van der Waals surface area contributed by atoms with E-state index in [0.29, 0.717) is 0 Å². The van der Waals surface area contributed by atoms with E-state index in [1.807, 2.05) is 0 Å². The molecule has 2 N–H and O–H groups in total. The van der Waals surface area contributed by atoms with Gasteiger partial charge in [-0.05, 0) is 31.2 Å². The molecule has 1 rings (SSSR count). The lowest BCUT2D eigenvalue weighted by atomic mass is 9.83. The summed E-state index contributed by atoms with van der Waals surface area (Å²) in [5.74, 6) is 1.78. The minimum Gasteiger partial charge on any atom is -0.330 e. The van der Waals surface area contributed by atoms with E-state index < -0.39 is 0 Å². The lowest BCUT2D eigenvalue weighted by Crippen LogP contribution is -2.20. The van der Waals surface area contributed by atoms with E-state index in [-0.39, 0.29) is 0 Å². The number of hydrogen-bond acceptors (Lipinski definition) is 1. The van der Waals surface area contributed by atoms with Gasteiger partial charge in [0, 0.05) is 0 Å². The number of rotatable bonds is 1. The first-order valence-corrected chi connectivity index (χ1v) is 4.03. The summed E-state index contributed by atoms with van der Waals surface area (Å²) in [5, 5.41) is 0. The fourth-order valence-corrected chi connectivity index (χ4v) is 1.77. The molecule has 0 amide bonds. The van der Waals surface area contributed by atoms with Crippen molar-refractivity contribution in [2.75, 3.05) is 6.54 Å². The molecule has 1 nitrogen and oxygen atoms in total. The maximum Gasteiger partial charge on any atom is -0.00488 e. The van der Waals surface area contributed by atoms with Crippen LogP contribution in [-0.2, 0) is 0 Å². The molecule has 9 heavy (non-hydrogen) atoms. The second-order valence-electron chi connectivity index (χ2n) is 3.37. The predicted molar refractivity (Wildman–Crippen MR) is 40.2 cm³/mol. The number of hydrogen-bond donors (Lipinski definition) is 1. The van der Waals surface area contributed by atoms with Crippen LogP contribution in [0.5, 0.6) is 0 Å². The van der Waals surface area contributed by atoms with Crippen LogP contribution in [0.25, 0.3) is 0 Å². The van der Waals surface area contributed by atoms with Crippen LogP contribution in [0.15, 0.2) is 0 Å². The second kappa shape index (κ2) is 3.21. The third kappa shape index (κ3) is 1.98. The molecule has 0 heterocycles. The third-order valence-electron chi connectivity index (χ3n) is 2.38. The molecular formula is C8H17N. The highest BCUT2D eigenvalue weighted by Crippen LogP contribution is 2.27. The van der Waals surface area contributed by atoms with Crippen molar-refractivity contribution in [3.63, 3.8) is 0 Å². The molecule has 0 aromatic carbocycles. The summed E-state index contributed by atoms with van der Waals surface area (Å²) in [6.45, 7) is 3.24. The SMILES string of the molecule is C[C@H]1CCCC(CN)C1. The van der Waals surface area contributed by atoms with Gasteiger partial charge in [0.15, 0.2) is 0 Å². The zero-order valence-electron chi connectivity index (χ0n) is 6.27. The van der Waals surface area contributed by atoms with Gasteiger partial charge in [-0.25, -0.2) is 0 Å². The van der Waals surface area contributed by atoms with Crippen molar-refractivity contribution >= 4 is 0 Å². The van der Waals surface area contributed by atoms with Gasteiger partial charge in [-0.15, -0.1) is 0 Å². The van der Waals surface area contributed by atoms with Crippen LogP contribution in [0.3, 0.4) is 0 Å². The molecule has 2 atom stereocenters. The van der Waals surface area contributed by atoms with Crippen molar-refractivity contribution in [3.8, 4) is 0 Å². The van der Waals surface area contributed by atoms with E-state index >= 15 is 0 Å². The van der Waals surface area contributed by atoms with Gasteiger partial charge in [0.1, 0.15) is 0 Å². The summed E-state index contributed by atoms with van der Waals surface area (Å²) in [5.41, 5.74) is 5.57. The van der Waals surface area contributed by atoms with Gasteiger partial charge in [0.05, 0.1) is 0 Å². The van der Waals surface area contributed by atoms with Crippen LogP contribution in [-0.4, -0.2) is 6.54 Å². The fraction of sp³-hybridized carbons (Fsp3) is 1.00. The van der Waals surface area contributed by atoms with Crippen molar-refractivity contribution in [1.82, 2.24) is 0 Å². The van der Waals surface area contributed by atoms with Crippen molar-refractivity contribution in [3.05, 3.63) is 0 Å². The summed E-state index contributed by atoms with van der Waals surface area (Å²) < 4.78 is 0. The lowest BCUT2D eigenvalue weighted by molar-refractivity contribution is 0.288. The molecule has 0 aromatic heterocycles. The number of nitrogens with two attached hydrogens (primary N) is 1. The molecule has 1 fully saturated rings. The van der Waals surface area contributed by atoms with Crippen LogP contribution in [0.4, 0.5) is 0 Å². The minimum absolute atomic E-state index is 0.841. The summed E-state index contributed by atoms with van der Waals surface area (Å²) >= 11 is 0. The Hall–Kier alpha value is -0.0400. The largest absolute Gasteiger partial charge is 0.330 e. The molecule has 1 heteroatoms. The quantitative estimate of drug-likeness (QED) is 0.570. The Kier molecular flexibility index (Phi) is 2.52. The van der Waals surface area contributed by atoms with Crippen LogP contribution in [0.2, 0.25) is 0 Å². The second-order valence-corrected chi connectivity index (χ2v) is 3.37. The molecule has 1 aliphatic rings. The Morgan fingerprint density at radius 1 is 1.44 bits per heavy atom. The normalized spacial score (nSPS) is 36.7. The van der Waals surface area contributed by atoms with Gasteiger partial charge in [-0.1, -0.05) is 19.8 Å². The van der Waals surface area contributed by atoms with Gasteiger partial charge in [-0.3, -0.25) is 0 Å². The zero-order chi connectivity index (χ0) is 6.69. The standard InChI is InChI=1S/C8H17N/c1-7-3-2-4-8(5-7)6-9/h7-8H,2-6,9H2,1H3/t7-,8?/m0/s1. The fourth-order valence-electron chi connectivity index (χ4n) is 1.77. The summed E-state index contributed by atoms with van der Waals surface area (Å²) in [6, 6.07) is 0. The van der Waals surface area contributed by atoms with Gasteiger partial charge >= 0.3 is 0 Å². The molecule has 0 bridgehead atoms. The highest BCUT2D eigenvalue weighted by molar-refractivity contribution is 4.70. The average Bonchev–Trinajstić information content (AvgIpc) is 1.88. The Morgan fingerprint density at radius 3 is 2.67 bits per heavy atom. The Balaban J connectivity index is 2.23. The van der Waals surface area contributed by atoms with E-state index in [4.69, 9.17) is 5.73 Å². The Bertz CT molecular complexity index is 80.6. The van der Waals surface area contributed by atoms with Crippen LogP contribution < -0.4 is 5.73 Å². The molecule has 0 saturated heterocycles. The molecule has 54 valence electrons. The lowest BCUT2D eigenvalue weighted by Gasteiger charge is -2.25. The molecule has 1 saturated carbocycles. The third-order valence-corrected chi connectivity index (χ3v) is 2.38. The van der Waals surface area contributed by atoms with E-state index in [0.717, 1.165) is 18.4 Å². The molecule has 0 radical (unpaired) electrons. The maximum atomic E-state index is 5.57. The highest BCUT2D eigenvalue weighted by atomic mass is 14.5. The van der Waals surface area contributed by atoms with Gasteiger partial charge in [-0.2, -0.15) is 0 Å². The molecule has 1 aliphatic carbocycles. The first kappa shape index (κ1) is 7.07. The Labute approximate surface area is 57.6 Å². The van der Waals surface area contributed by atoms with E-state index in [1.54, 1.807) is 0 Å². The van der Waals surface area contributed by atoms with Crippen LogP contribution in [0.1, 0.15) is 32.6 Å². The monoisotopic (exact) mass is 127 g/mol. The molecule has 0 spiro atoms. The zero-order valence-corrected chi connectivity index (χ0v) is 6.27. The van der Waals surface area contributed by atoms with Gasteiger partial charge in [0.2, 0.25) is 0 Å². The maximum absolute atomic E-state index is 5.57. The first-order chi connectivity index (χ1) is 4.33. The molecule has 0 aromatic rings. The average molecular weight is 127 g/mol. The Morgan fingerprint density at radius 2 is 2.22 bits per heavy atom. The van der Waals surface area contributed by atoms with Gasteiger partial charge in [0.25, 0.3) is 0 Å². The molecule has 1 unspecified atom stereocenters. The van der Waals surface area contributed by atoms with E-state index in [9.17, 15) is 0 Å². The van der Waals surface area contributed by atoms with Gasteiger partial charge < -0.3 is 5.73 Å². The van der Waals surface area contributed by atoms with E-state index in [1.165, 1.54) is 25.7 Å². The minimum atomic E-state index is 0.841. The topological polar surface area (TPSA) is 26.0 Å². The molecular weight excluding hydrogens is 110 g/mol. The van der Waals surface area contributed by atoms with Crippen LogP contribution >= 0.6 is 0 Å². The smallest absolute Gasteiger partial charge is 0.00488 e. The summed E-state index contributed by atoms with van der Waals surface area (Å²) in [7, 11) is 0. The van der Waals surface area contributed by atoms with E-state index in [2.05, 4.69) is 6.92 Å². The van der Waals surface area contributed by atoms with Crippen molar-refractivity contribution in [1.29, 1.82) is 0 Å². The molecule has 0 aliphatic heterocycles. The highest BCUT2D eigenvalue weighted by Gasteiger charge is 2.16. The van der Waals surface area contributed by atoms with Crippen molar-refractivity contribution in [2.45, 2.75) is 32.6 Å². The summed E-state index contributed by atoms with van der Waals surface area (Å²) in [4.78, 5) is 0. The first-order valence-electron chi connectivity index (χ1n) is 4.03. The van der Waals surface area contributed by atoms with Crippen molar-refractivity contribution < 1.29 is 0 Å². The summed E-state index contributed by atoms with van der Waals surface area (Å²) in [6.07, 6.45) is 5.58. The predicted octanol–water partition coefficient (Wildman–Crippen LogP) is 1.77. The van der Waals surface area contributed by atoms with Crippen molar-refractivity contribution in [2.24, 2.45) is 17.6 Å².